The Morgan fingerprint density at radius 1 is 1.09 bits per heavy atom. The number of carbonyl (C=O) groups is 2. The third kappa shape index (κ3) is 3.55. The normalized spacial score (nSPS) is 12.0. The minimum Gasteiger partial charge on any atom is -0.481 e. The monoisotopic (exact) mass is 304 g/mol. The molecule has 0 fully saturated rings. The molecule has 0 saturated carbocycles. The molecular weight excluding hydrogens is 290 g/mol. The fourth-order valence-corrected chi connectivity index (χ4v) is 2.04. The second kappa shape index (κ2) is 6.47. The van der Waals surface area contributed by atoms with Crippen LogP contribution in [0.1, 0.15) is 23.7 Å². The highest BCUT2D eigenvalue weighted by Gasteiger charge is 2.17. The van der Waals surface area contributed by atoms with Crippen LogP contribution in [-0.2, 0) is 4.79 Å². The van der Waals surface area contributed by atoms with Gasteiger partial charge in [0.1, 0.15) is 11.6 Å². The Bertz CT molecular complexity index is 708. The van der Waals surface area contributed by atoms with Gasteiger partial charge in [0, 0.05) is 23.6 Å². The first kappa shape index (κ1) is 15.8. The quantitative estimate of drug-likeness (QED) is 0.852. The largest absolute Gasteiger partial charge is 0.481 e. The number of halogens is 2. The summed E-state index contributed by atoms with van der Waals surface area (Å²) in [6.07, 6.45) is -0.0976. The van der Waals surface area contributed by atoms with E-state index in [0.29, 0.717) is 11.1 Å². The first-order chi connectivity index (χ1) is 10.4. The molecule has 0 aromatic heterocycles. The number of aliphatic carboxylic acids is 1. The molecular formula is C17H14F2O3. The van der Waals surface area contributed by atoms with Crippen molar-refractivity contribution < 1.29 is 23.5 Å². The van der Waals surface area contributed by atoms with Crippen LogP contribution in [0.3, 0.4) is 0 Å². The van der Waals surface area contributed by atoms with E-state index in [1.807, 2.05) is 0 Å². The molecule has 2 rings (SSSR count). The maximum absolute atomic E-state index is 13.7. The lowest BCUT2D eigenvalue weighted by Crippen LogP contribution is -2.14. The molecule has 1 N–H and O–H groups in total. The van der Waals surface area contributed by atoms with Gasteiger partial charge in [-0.05, 0) is 17.7 Å². The molecule has 0 unspecified atom stereocenters. The lowest BCUT2D eigenvalue weighted by Gasteiger charge is -2.07. The SMILES string of the molecule is C[C@H](CC(=O)c1ccc(-c2ccc(F)cc2F)cc1)C(=O)O. The van der Waals surface area contributed by atoms with Crippen molar-refractivity contribution in [2.24, 2.45) is 5.92 Å². The van der Waals surface area contributed by atoms with E-state index < -0.39 is 23.5 Å². The van der Waals surface area contributed by atoms with Crippen molar-refractivity contribution in [3.05, 3.63) is 59.7 Å². The highest BCUT2D eigenvalue weighted by Crippen LogP contribution is 2.24. The van der Waals surface area contributed by atoms with Gasteiger partial charge in [-0.25, -0.2) is 8.78 Å². The number of ketones is 1. The Kier molecular flexibility index (Phi) is 4.65. The summed E-state index contributed by atoms with van der Waals surface area (Å²) >= 11 is 0. The Morgan fingerprint density at radius 2 is 1.73 bits per heavy atom. The number of rotatable bonds is 5. The van der Waals surface area contributed by atoms with E-state index >= 15 is 0 Å². The highest BCUT2D eigenvalue weighted by atomic mass is 19.1. The molecule has 3 nitrogen and oxygen atoms in total. The number of Topliss-reactive ketones (excluding diaryl/α,β-unsaturated/α-hetero) is 1. The average molecular weight is 304 g/mol. The maximum atomic E-state index is 13.7. The molecule has 22 heavy (non-hydrogen) atoms. The van der Waals surface area contributed by atoms with Crippen LogP contribution in [0, 0.1) is 17.6 Å². The predicted octanol–water partition coefficient (Wildman–Crippen LogP) is 3.93. The van der Waals surface area contributed by atoms with Crippen LogP contribution in [0.2, 0.25) is 0 Å². The van der Waals surface area contributed by atoms with Crippen molar-refractivity contribution in [2.75, 3.05) is 0 Å². The molecule has 0 saturated heterocycles. The number of hydrogen-bond acceptors (Lipinski definition) is 2. The van der Waals surface area contributed by atoms with Crippen molar-refractivity contribution in [3.8, 4) is 11.1 Å². The minimum absolute atomic E-state index is 0.0976. The molecule has 0 bridgehead atoms. The summed E-state index contributed by atoms with van der Waals surface area (Å²) in [5.41, 5.74) is 1.11. The predicted molar refractivity (Wildman–Crippen MR) is 77.5 cm³/mol. The number of hydrogen-bond donors (Lipinski definition) is 1. The first-order valence-electron chi connectivity index (χ1n) is 6.70. The van der Waals surface area contributed by atoms with E-state index in [-0.39, 0.29) is 17.8 Å². The summed E-state index contributed by atoms with van der Waals surface area (Å²) in [5, 5.41) is 8.80. The third-order valence-electron chi connectivity index (χ3n) is 3.36. The Labute approximate surface area is 126 Å². The van der Waals surface area contributed by atoms with Crippen molar-refractivity contribution in [3.63, 3.8) is 0 Å². The van der Waals surface area contributed by atoms with Crippen molar-refractivity contribution in [1.82, 2.24) is 0 Å². The molecule has 0 radical (unpaired) electrons. The van der Waals surface area contributed by atoms with E-state index in [1.165, 1.54) is 25.1 Å². The van der Waals surface area contributed by atoms with Crippen LogP contribution in [0.4, 0.5) is 8.78 Å². The molecule has 0 aliphatic carbocycles. The number of carboxylic acid groups (broad SMARTS) is 1. The molecule has 0 heterocycles. The minimum atomic E-state index is -1.03. The molecule has 2 aromatic carbocycles. The van der Waals surface area contributed by atoms with Crippen LogP contribution in [0.5, 0.6) is 0 Å². The topological polar surface area (TPSA) is 54.4 Å². The molecule has 5 heteroatoms. The van der Waals surface area contributed by atoms with Crippen molar-refractivity contribution >= 4 is 11.8 Å². The highest BCUT2D eigenvalue weighted by molar-refractivity contribution is 5.98. The fourth-order valence-electron chi connectivity index (χ4n) is 2.04. The smallest absolute Gasteiger partial charge is 0.306 e. The molecule has 114 valence electrons. The molecule has 0 aliphatic heterocycles. The second-order valence-electron chi connectivity index (χ2n) is 5.07. The Hall–Kier alpha value is -2.56. The summed E-state index contributed by atoms with van der Waals surface area (Å²) in [6, 6.07) is 9.40. The Balaban J connectivity index is 2.20. The van der Waals surface area contributed by atoms with Gasteiger partial charge >= 0.3 is 5.97 Å². The average Bonchev–Trinajstić information content (AvgIpc) is 2.47. The molecule has 2 aromatic rings. The summed E-state index contributed by atoms with van der Waals surface area (Å²) < 4.78 is 26.6. The van der Waals surface area contributed by atoms with Gasteiger partial charge in [-0.3, -0.25) is 9.59 Å². The number of carboxylic acids is 1. The van der Waals surface area contributed by atoms with Gasteiger partial charge in [0.15, 0.2) is 5.78 Å². The van der Waals surface area contributed by atoms with Gasteiger partial charge in [0.25, 0.3) is 0 Å². The van der Waals surface area contributed by atoms with E-state index in [4.69, 9.17) is 5.11 Å². The second-order valence-corrected chi connectivity index (χ2v) is 5.07. The molecule has 1 atom stereocenters. The summed E-state index contributed by atoms with van der Waals surface area (Å²) in [4.78, 5) is 22.7. The molecule has 0 aliphatic rings. The van der Waals surface area contributed by atoms with Gasteiger partial charge in [0.2, 0.25) is 0 Å². The first-order valence-corrected chi connectivity index (χ1v) is 6.70. The van der Waals surface area contributed by atoms with Gasteiger partial charge in [-0.1, -0.05) is 31.2 Å². The van der Waals surface area contributed by atoms with E-state index in [1.54, 1.807) is 12.1 Å². The Morgan fingerprint density at radius 3 is 2.27 bits per heavy atom. The van der Waals surface area contributed by atoms with Gasteiger partial charge in [-0.15, -0.1) is 0 Å². The zero-order chi connectivity index (χ0) is 16.3. The van der Waals surface area contributed by atoms with Gasteiger partial charge in [0.05, 0.1) is 5.92 Å². The molecule has 0 amide bonds. The van der Waals surface area contributed by atoms with Crippen molar-refractivity contribution in [2.45, 2.75) is 13.3 Å². The lowest BCUT2D eigenvalue weighted by atomic mass is 9.97. The van der Waals surface area contributed by atoms with Gasteiger partial charge in [-0.2, -0.15) is 0 Å². The zero-order valence-electron chi connectivity index (χ0n) is 11.8. The van der Waals surface area contributed by atoms with Crippen molar-refractivity contribution in [1.29, 1.82) is 0 Å². The number of benzene rings is 2. The fraction of sp³-hybridized carbons (Fsp3) is 0.176. The summed E-state index contributed by atoms with van der Waals surface area (Å²) in [6.45, 7) is 1.46. The lowest BCUT2D eigenvalue weighted by molar-refractivity contribution is -0.141. The van der Waals surface area contributed by atoms with Crippen LogP contribution < -0.4 is 0 Å². The van der Waals surface area contributed by atoms with Crippen LogP contribution in [0.25, 0.3) is 11.1 Å². The van der Waals surface area contributed by atoms with Crippen LogP contribution in [0.15, 0.2) is 42.5 Å². The standard InChI is InChI=1S/C17H14F2O3/c1-10(17(21)22)8-16(20)12-4-2-11(3-5-12)14-7-6-13(18)9-15(14)19/h2-7,9-10H,8H2,1H3,(H,21,22)/t10-/m1/s1. The van der Waals surface area contributed by atoms with E-state index in [9.17, 15) is 18.4 Å². The van der Waals surface area contributed by atoms with E-state index in [2.05, 4.69) is 0 Å². The summed E-state index contributed by atoms with van der Waals surface area (Å²) in [5.74, 6) is -3.42. The summed E-state index contributed by atoms with van der Waals surface area (Å²) in [7, 11) is 0. The third-order valence-corrected chi connectivity index (χ3v) is 3.36. The van der Waals surface area contributed by atoms with Crippen LogP contribution >= 0.6 is 0 Å². The number of carbonyl (C=O) groups excluding carboxylic acids is 1. The molecule has 0 spiro atoms. The van der Waals surface area contributed by atoms with Gasteiger partial charge < -0.3 is 5.11 Å². The zero-order valence-corrected chi connectivity index (χ0v) is 11.8. The van der Waals surface area contributed by atoms with E-state index in [0.717, 1.165) is 12.1 Å². The maximum Gasteiger partial charge on any atom is 0.306 e. The van der Waals surface area contributed by atoms with Crippen LogP contribution in [-0.4, -0.2) is 16.9 Å².